The van der Waals surface area contributed by atoms with Crippen molar-refractivity contribution in [2.75, 3.05) is 11.6 Å². The Morgan fingerprint density at radius 3 is 2.71 bits per heavy atom. The molecule has 0 radical (unpaired) electrons. The summed E-state index contributed by atoms with van der Waals surface area (Å²) in [7, 11) is 0. The molecule has 14 heavy (non-hydrogen) atoms. The second-order valence-corrected chi connectivity index (χ2v) is 4.19. The van der Waals surface area contributed by atoms with E-state index in [1.807, 2.05) is 0 Å². The number of nitrogens with two attached hydrogens (primary N) is 2. The number of aromatic nitrogens is 2. The number of rotatable bonds is 3. The van der Waals surface area contributed by atoms with Crippen molar-refractivity contribution in [1.29, 1.82) is 0 Å². The fourth-order valence-electron chi connectivity index (χ4n) is 1.67. The topological polar surface area (TPSA) is 69.9 Å². The van der Waals surface area contributed by atoms with Crippen molar-refractivity contribution in [1.82, 2.24) is 9.66 Å². The molecule has 0 aliphatic heterocycles. The minimum absolute atomic E-state index is 0.400. The van der Waals surface area contributed by atoms with Crippen molar-refractivity contribution in [3.63, 3.8) is 0 Å². The van der Waals surface area contributed by atoms with Gasteiger partial charge in [0.05, 0.1) is 5.69 Å². The third-order valence-electron chi connectivity index (χ3n) is 3.03. The fourth-order valence-corrected chi connectivity index (χ4v) is 1.67. The largest absolute Gasteiger partial charge is 0.382 e. The van der Waals surface area contributed by atoms with Gasteiger partial charge in [0, 0.05) is 11.8 Å². The van der Waals surface area contributed by atoms with Crippen LogP contribution in [-0.2, 0) is 0 Å². The third kappa shape index (κ3) is 1.35. The third-order valence-corrected chi connectivity index (χ3v) is 3.03. The molecular weight excluding hydrogens is 176 g/mol. The zero-order chi connectivity index (χ0) is 10.3. The molecule has 0 spiro atoms. The highest BCUT2D eigenvalue weighted by atomic mass is 15.4. The summed E-state index contributed by atoms with van der Waals surface area (Å²) in [4.78, 5) is 4.56. The van der Waals surface area contributed by atoms with Crippen LogP contribution in [-0.4, -0.2) is 9.66 Å². The molecule has 1 heterocycles. The quantitative estimate of drug-likeness (QED) is 0.717. The lowest BCUT2D eigenvalue weighted by molar-refractivity contribution is 0.711. The van der Waals surface area contributed by atoms with Crippen molar-refractivity contribution in [3.8, 4) is 0 Å². The minimum atomic E-state index is 0.400. The van der Waals surface area contributed by atoms with Gasteiger partial charge >= 0.3 is 0 Å². The smallest absolute Gasteiger partial charge is 0.146 e. The molecule has 4 nitrogen and oxygen atoms in total. The average Bonchev–Trinajstić information content (AvgIpc) is 2.97. The molecule has 1 aliphatic carbocycles. The standard InChI is InChI=1S/C10H18N4/c1-3-6(2)8-9(11)14(12)10(13-8)7-4-5-7/h6-7H,3-5,11-12H2,1-2H3. The van der Waals surface area contributed by atoms with E-state index in [-0.39, 0.29) is 0 Å². The molecule has 4 N–H and O–H groups in total. The number of hydrogen-bond acceptors (Lipinski definition) is 3. The zero-order valence-corrected chi connectivity index (χ0v) is 8.83. The summed E-state index contributed by atoms with van der Waals surface area (Å²) >= 11 is 0. The Balaban J connectivity index is 2.36. The van der Waals surface area contributed by atoms with Gasteiger partial charge in [0.2, 0.25) is 0 Å². The van der Waals surface area contributed by atoms with Gasteiger partial charge in [-0.15, -0.1) is 0 Å². The minimum Gasteiger partial charge on any atom is -0.382 e. The summed E-state index contributed by atoms with van der Waals surface area (Å²) in [6.45, 7) is 4.27. The van der Waals surface area contributed by atoms with Gasteiger partial charge in [-0.25, -0.2) is 9.66 Å². The van der Waals surface area contributed by atoms with Crippen LogP contribution < -0.4 is 11.6 Å². The molecule has 2 rings (SSSR count). The van der Waals surface area contributed by atoms with Crippen LogP contribution in [0.4, 0.5) is 5.82 Å². The van der Waals surface area contributed by atoms with Crippen molar-refractivity contribution in [3.05, 3.63) is 11.5 Å². The first kappa shape index (κ1) is 9.37. The molecule has 78 valence electrons. The molecule has 0 bridgehead atoms. The first-order valence-corrected chi connectivity index (χ1v) is 5.28. The Morgan fingerprint density at radius 2 is 2.21 bits per heavy atom. The van der Waals surface area contributed by atoms with Gasteiger partial charge in [-0.1, -0.05) is 13.8 Å². The van der Waals surface area contributed by atoms with Gasteiger partial charge in [0.15, 0.2) is 0 Å². The second-order valence-electron chi connectivity index (χ2n) is 4.19. The SMILES string of the molecule is CCC(C)c1nc(C2CC2)n(N)c1N. The lowest BCUT2D eigenvalue weighted by Gasteiger charge is -2.05. The van der Waals surface area contributed by atoms with Crippen LogP contribution in [0.5, 0.6) is 0 Å². The molecule has 1 aliphatic rings. The molecule has 1 aromatic rings. The summed E-state index contributed by atoms with van der Waals surface area (Å²) in [6.07, 6.45) is 3.45. The summed E-state index contributed by atoms with van der Waals surface area (Å²) in [5.74, 6) is 8.43. The maximum absolute atomic E-state index is 5.92. The summed E-state index contributed by atoms with van der Waals surface area (Å²) in [6, 6.07) is 0. The summed E-state index contributed by atoms with van der Waals surface area (Å²) in [5, 5.41) is 0. The highest BCUT2D eigenvalue weighted by Crippen LogP contribution is 2.40. The molecule has 1 fully saturated rings. The van der Waals surface area contributed by atoms with E-state index in [2.05, 4.69) is 18.8 Å². The molecule has 0 saturated heterocycles. The normalized spacial score (nSPS) is 18.4. The zero-order valence-electron chi connectivity index (χ0n) is 8.83. The van der Waals surface area contributed by atoms with E-state index in [0.717, 1.165) is 17.9 Å². The van der Waals surface area contributed by atoms with Crippen LogP contribution in [0.1, 0.15) is 56.5 Å². The van der Waals surface area contributed by atoms with Crippen molar-refractivity contribution >= 4 is 5.82 Å². The monoisotopic (exact) mass is 194 g/mol. The van der Waals surface area contributed by atoms with Gasteiger partial charge in [0.1, 0.15) is 11.6 Å². The predicted octanol–water partition coefficient (Wildman–Crippen LogP) is 1.57. The van der Waals surface area contributed by atoms with Crippen molar-refractivity contribution in [2.24, 2.45) is 0 Å². The Bertz CT molecular complexity index is 338. The molecule has 1 saturated carbocycles. The lowest BCUT2D eigenvalue weighted by Crippen LogP contribution is -2.15. The van der Waals surface area contributed by atoms with Crippen LogP contribution in [0.3, 0.4) is 0 Å². The maximum Gasteiger partial charge on any atom is 0.146 e. The Morgan fingerprint density at radius 1 is 1.57 bits per heavy atom. The molecular formula is C10H18N4. The molecule has 1 aromatic heterocycles. The molecule has 4 heteroatoms. The van der Waals surface area contributed by atoms with E-state index >= 15 is 0 Å². The first-order chi connectivity index (χ1) is 6.65. The highest BCUT2D eigenvalue weighted by molar-refractivity contribution is 5.41. The van der Waals surface area contributed by atoms with Gasteiger partial charge in [-0.2, -0.15) is 0 Å². The van der Waals surface area contributed by atoms with Gasteiger partial charge in [0.25, 0.3) is 0 Å². The first-order valence-electron chi connectivity index (χ1n) is 5.28. The molecule has 1 unspecified atom stereocenters. The number of nitrogens with zero attached hydrogens (tertiary/aromatic N) is 2. The number of imidazole rings is 1. The van der Waals surface area contributed by atoms with Gasteiger partial charge < -0.3 is 11.6 Å². The average molecular weight is 194 g/mol. The van der Waals surface area contributed by atoms with Crippen LogP contribution in [0.2, 0.25) is 0 Å². The predicted molar refractivity (Wildman–Crippen MR) is 57.5 cm³/mol. The number of nitrogen functional groups attached to an aromatic ring is 2. The van der Waals surface area contributed by atoms with Gasteiger partial charge in [-0.05, 0) is 19.3 Å². The number of hydrogen-bond donors (Lipinski definition) is 2. The van der Waals surface area contributed by atoms with E-state index in [0.29, 0.717) is 17.7 Å². The Hall–Kier alpha value is -1.19. The Labute approximate surface area is 84.3 Å². The van der Waals surface area contributed by atoms with E-state index in [4.69, 9.17) is 11.6 Å². The van der Waals surface area contributed by atoms with Crippen LogP contribution in [0.15, 0.2) is 0 Å². The second kappa shape index (κ2) is 3.19. The highest BCUT2D eigenvalue weighted by Gasteiger charge is 2.30. The summed E-state index contributed by atoms with van der Waals surface area (Å²) in [5.41, 5.74) is 6.89. The van der Waals surface area contributed by atoms with E-state index in [1.165, 1.54) is 12.8 Å². The maximum atomic E-state index is 5.92. The lowest BCUT2D eigenvalue weighted by atomic mass is 10.1. The molecule has 1 atom stereocenters. The van der Waals surface area contributed by atoms with Gasteiger partial charge in [-0.3, -0.25) is 0 Å². The van der Waals surface area contributed by atoms with E-state index < -0.39 is 0 Å². The van der Waals surface area contributed by atoms with E-state index in [9.17, 15) is 0 Å². The number of anilines is 1. The van der Waals surface area contributed by atoms with E-state index in [1.54, 1.807) is 4.68 Å². The molecule has 0 amide bonds. The molecule has 0 aromatic carbocycles. The van der Waals surface area contributed by atoms with Crippen LogP contribution >= 0.6 is 0 Å². The van der Waals surface area contributed by atoms with Crippen LogP contribution in [0, 0.1) is 0 Å². The van der Waals surface area contributed by atoms with Crippen molar-refractivity contribution < 1.29 is 0 Å². The summed E-state index contributed by atoms with van der Waals surface area (Å²) < 4.78 is 1.57. The fraction of sp³-hybridized carbons (Fsp3) is 0.700. The van der Waals surface area contributed by atoms with Crippen molar-refractivity contribution in [2.45, 2.75) is 44.9 Å². The van der Waals surface area contributed by atoms with Crippen LogP contribution in [0.25, 0.3) is 0 Å². The Kier molecular flexibility index (Phi) is 2.13.